The van der Waals surface area contributed by atoms with Crippen molar-refractivity contribution in [3.63, 3.8) is 0 Å². The van der Waals surface area contributed by atoms with Crippen LogP contribution < -0.4 is 0 Å². The fourth-order valence-corrected chi connectivity index (χ4v) is 22.5. The molecule has 0 saturated heterocycles. The van der Waals surface area contributed by atoms with Gasteiger partial charge in [0.25, 0.3) is 0 Å². The van der Waals surface area contributed by atoms with E-state index < -0.39 is 0 Å². The summed E-state index contributed by atoms with van der Waals surface area (Å²) in [5, 5.41) is 23.0. The van der Waals surface area contributed by atoms with Crippen molar-refractivity contribution >= 4 is 148 Å². The Morgan fingerprint density at radius 3 is 0.930 bits per heavy atom. The Bertz CT molecular complexity index is 4670. The maximum absolute atomic E-state index is 4.28. The van der Waals surface area contributed by atoms with Gasteiger partial charge < -0.3 is 9.13 Å². The van der Waals surface area contributed by atoms with Gasteiger partial charge in [-0.3, -0.25) is 0 Å². The van der Waals surface area contributed by atoms with E-state index in [-0.39, 0.29) is 4.58 Å². The Morgan fingerprint density at radius 2 is 0.570 bits per heavy atom. The highest BCUT2D eigenvalue weighted by Crippen LogP contribution is 2.60. The molecule has 0 bridgehead atoms. The van der Waals surface area contributed by atoms with Crippen molar-refractivity contribution in [1.82, 2.24) is 9.13 Å². The van der Waals surface area contributed by atoms with Crippen LogP contribution in [0.5, 0.6) is 0 Å². The van der Waals surface area contributed by atoms with Crippen molar-refractivity contribution < 1.29 is 0 Å². The number of unbranched alkanes of at least 4 members (excludes halogenated alkanes) is 32. The Balaban J connectivity index is 0.913. The summed E-state index contributed by atoms with van der Waals surface area (Å²) in [7, 11) is 0. The molecule has 0 saturated carbocycles. The van der Waals surface area contributed by atoms with Gasteiger partial charge in [0.1, 0.15) is 0 Å². The van der Waals surface area contributed by atoms with Gasteiger partial charge in [-0.2, -0.15) is 0 Å². The first-order chi connectivity index (χ1) is 49.5. The zero-order valence-electron chi connectivity index (χ0n) is 62.1. The van der Waals surface area contributed by atoms with Crippen LogP contribution in [0.4, 0.5) is 0 Å². The largest absolute Gasteiger partial charge is 0.340 e. The van der Waals surface area contributed by atoms with E-state index in [1.807, 2.05) is 0 Å². The minimum Gasteiger partial charge on any atom is -0.340 e. The number of aromatic nitrogens is 2. The molecule has 11 aromatic carbocycles. The first-order valence-corrected chi connectivity index (χ1v) is 44.1. The zero-order chi connectivity index (χ0) is 68.2. The van der Waals surface area contributed by atoms with E-state index in [0.29, 0.717) is 11.8 Å². The third-order valence-corrected chi connectivity index (χ3v) is 27.9. The predicted octanol–water partition coefficient (Wildman–Crippen LogP) is 32.8. The number of fused-ring (bicyclic) bond motifs is 3. The average Bonchev–Trinajstić information content (AvgIpc) is 1.48. The molecule has 0 aliphatic carbocycles. The van der Waals surface area contributed by atoms with E-state index >= 15 is 0 Å². The molecule has 100 heavy (non-hydrogen) atoms. The van der Waals surface area contributed by atoms with Gasteiger partial charge in [-0.05, 0) is 139 Å². The smallest absolute Gasteiger partial charge is 0.0853 e. The highest BCUT2D eigenvalue weighted by molar-refractivity contribution is 9.10. The molecule has 3 heterocycles. The Kier molecular flexibility index (Phi) is 25.2. The molecule has 0 N–H and O–H groups in total. The second-order valence-corrected chi connectivity index (χ2v) is 35.0. The van der Waals surface area contributed by atoms with Gasteiger partial charge in [-0.15, -0.1) is 23.5 Å². The number of nitrogens with zero attached hydrogens (tertiary/aromatic N) is 2. The predicted molar refractivity (Wildman–Crippen MR) is 451 cm³/mol. The molecule has 2 atom stereocenters. The van der Waals surface area contributed by atoms with E-state index in [2.05, 4.69) is 198 Å². The van der Waals surface area contributed by atoms with Crippen molar-refractivity contribution in [2.75, 3.05) is 0 Å². The summed E-state index contributed by atoms with van der Waals surface area (Å²) in [5.74, 6) is 1.23. The standard InChI is InChI=1S/C95H119BrN2S2/c1-5-9-13-17-21-25-27-31-35-39-48-67(47-37-33-29-23-19-15-11-7-3)65-97-81-61-77(73-55-43-51-69-70-53-45-57-75-79(95-99-85-59-41-42-60-86(85)100-95)63-83(97)93(89(70)75)91(81)87(69)73)78-62-82-92-88-71(52-44-56-74(78)88)72-54-46-58-76-80(96)64-84(94(92)90(72)76)98(82)66-68(49-38-34-30-24-20-16-12-8-4)50-40-36-32-28-26-22-18-14-10-6-2/h41-46,51-64,67-68,95H,5-40,47-50,65-66H2,1-4H3. The number of halogens is 1. The van der Waals surface area contributed by atoms with Crippen LogP contribution in [0, 0.1) is 11.8 Å². The normalized spacial score (nSPS) is 13.9. The molecule has 14 rings (SSSR count). The molecule has 2 unspecified atom stereocenters. The topological polar surface area (TPSA) is 9.86 Å². The number of rotatable bonds is 46. The summed E-state index contributed by atoms with van der Waals surface area (Å²) >= 11 is 8.44. The first kappa shape index (κ1) is 71.8. The molecule has 2 aromatic heterocycles. The third-order valence-electron chi connectivity index (χ3n) is 24.4. The second-order valence-electron chi connectivity index (χ2n) is 31.6. The van der Waals surface area contributed by atoms with Crippen LogP contribution in [0.1, 0.15) is 295 Å². The van der Waals surface area contributed by atoms with Crippen molar-refractivity contribution in [2.45, 2.75) is 312 Å². The molecule has 2 nitrogen and oxygen atoms in total. The molecule has 1 aliphatic heterocycles. The van der Waals surface area contributed by atoms with Gasteiger partial charge in [-0.1, -0.05) is 360 Å². The number of benzene rings is 11. The lowest BCUT2D eigenvalue weighted by Crippen LogP contribution is -2.12. The van der Waals surface area contributed by atoms with E-state index in [4.69, 9.17) is 0 Å². The van der Waals surface area contributed by atoms with Crippen LogP contribution in [0.15, 0.2) is 136 Å². The molecular formula is C95H119BrN2S2. The van der Waals surface area contributed by atoms with Gasteiger partial charge in [0.15, 0.2) is 0 Å². The zero-order valence-corrected chi connectivity index (χ0v) is 65.3. The van der Waals surface area contributed by atoms with Crippen molar-refractivity contribution in [3.05, 3.63) is 131 Å². The van der Waals surface area contributed by atoms with E-state index in [0.717, 1.165) is 13.1 Å². The average molecular weight is 1430 g/mol. The summed E-state index contributed by atoms with van der Waals surface area (Å²) in [6.45, 7) is 11.5. The van der Waals surface area contributed by atoms with E-state index in [1.165, 1.54) is 396 Å². The van der Waals surface area contributed by atoms with Gasteiger partial charge in [0.05, 0.1) is 26.6 Å². The van der Waals surface area contributed by atoms with Crippen molar-refractivity contribution in [1.29, 1.82) is 0 Å². The summed E-state index contributed by atoms with van der Waals surface area (Å²) in [4.78, 5) is 2.85. The lowest BCUT2D eigenvalue weighted by molar-refractivity contribution is 0.364. The molecular weight excluding hydrogens is 1310 g/mol. The van der Waals surface area contributed by atoms with Crippen LogP contribution in [-0.4, -0.2) is 9.13 Å². The molecule has 1 aliphatic rings. The van der Waals surface area contributed by atoms with Crippen LogP contribution in [-0.2, 0) is 13.1 Å². The highest BCUT2D eigenvalue weighted by Gasteiger charge is 2.33. The van der Waals surface area contributed by atoms with E-state index in [9.17, 15) is 0 Å². The minimum absolute atomic E-state index is 0.287. The summed E-state index contributed by atoms with van der Waals surface area (Å²) < 4.78 is 7.36. The van der Waals surface area contributed by atoms with Crippen LogP contribution in [0.2, 0.25) is 0 Å². The van der Waals surface area contributed by atoms with Crippen LogP contribution in [0.25, 0.3) is 119 Å². The maximum atomic E-state index is 4.28. The Labute approximate surface area is 618 Å². The first-order valence-electron chi connectivity index (χ1n) is 41.5. The van der Waals surface area contributed by atoms with Crippen LogP contribution >= 0.6 is 39.5 Å². The third kappa shape index (κ3) is 15.3. The van der Waals surface area contributed by atoms with Crippen molar-refractivity contribution in [3.8, 4) is 11.1 Å². The molecule has 5 heteroatoms. The number of thioether (sulfide) groups is 2. The Morgan fingerprint density at radius 1 is 0.290 bits per heavy atom. The van der Waals surface area contributed by atoms with Gasteiger partial charge >= 0.3 is 0 Å². The van der Waals surface area contributed by atoms with Crippen LogP contribution in [0.3, 0.4) is 0 Å². The lowest BCUT2D eigenvalue weighted by Gasteiger charge is -2.21. The number of hydrogen-bond donors (Lipinski definition) is 0. The SMILES string of the molecule is CCCCCCCCCCCCC(CCCCCCCCCC)Cn1c2cc(Br)c3cccc4c5cccc6c(-c7cc8c9c%10c7cccc%10c7cccc%10c(C%11Sc%12ccccc%12S%11)cc(c9c%107)n8CC(CCCCCCCCCC)CCCCCCCCCCCC)cc1c(c65)c2c34. The van der Waals surface area contributed by atoms with Gasteiger partial charge in [0, 0.05) is 65.1 Å². The summed E-state index contributed by atoms with van der Waals surface area (Å²) in [5.41, 5.74) is 10.1. The molecule has 0 amide bonds. The maximum Gasteiger partial charge on any atom is 0.0853 e. The minimum atomic E-state index is 0.287. The molecule has 528 valence electrons. The molecule has 0 fully saturated rings. The lowest BCUT2D eigenvalue weighted by atomic mass is 9.84. The quantitative estimate of drug-likeness (QED) is 0.0214. The monoisotopic (exact) mass is 1430 g/mol. The van der Waals surface area contributed by atoms with E-state index in [1.54, 1.807) is 0 Å². The summed E-state index contributed by atoms with van der Waals surface area (Å²) in [6.07, 6.45) is 55.0. The molecule has 0 radical (unpaired) electrons. The highest BCUT2D eigenvalue weighted by atomic mass is 79.9. The van der Waals surface area contributed by atoms with Crippen molar-refractivity contribution in [2.24, 2.45) is 11.8 Å². The molecule has 13 aromatic rings. The van der Waals surface area contributed by atoms with Gasteiger partial charge in [-0.25, -0.2) is 0 Å². The Hall–Kier alpha value is -5.20. The molecule has 0 spiro atoms. The van der Waals surface area contributed by atoms with Gasteiger partial charge in [0.2, 0.25) is 0 Å². The fourth-order valence-electron chi connectivity index (χ4n) is 19.1. The number of hydrogen-bond acceptors (Lipinski definition) is 2. The summed E-state index contributed by atoms with van der Waals surface area (Å²) in [6, 6.07) is 49.4. The second kappa shape index (κ2) is 35.1. The fraction of sp³-hybridized carbons (Fsp3) is 0.516.